The predicted octanol–water partition coefficient (Wildman–Crippen LogP) is 3.56. The summed E-state index contributed by atoms with van der Waals surface area (Å²) >= 11 is 0. The molecule has 1 fully saturated rings. The van der Waals surface area contributed by atoms with Crippen molar-refractivity contribution >= 4 is 26.9 Å². The van der Waals surface area contributed by atoms with Gasteiger partial charge in [0, 0.05) is 29.6 Å². The van der Waals surface area contributed by atoms with Gasteiger partial charge in [-0.05, 0) is 44.5 Å². The summed E-state index contributed by atoms with van der Waals surface area (Å²) in [7, 11) is -3.70. The van der Waals surface area contributed by atoms with Gasteiger partial charge in [0.25, 0.3) is 5.91 Å². The summed E-state index contributed by atoms with van der Waals surface area (Å²) in [5, 5.41) is 3.94. The molecular weight excluding hydrogens is 416 g/mol. The molecule has 1 aromatic heterocycles. The van der Waals surface area contributed by atoms with E-state index in [1.165, 1.54) is 10.4 Å². The van der Waals surface area contributed by atoms with Crippen molar-refractivity contribution in [2.45, 2.75) is 31.7 Å². The smallest absolute Gasteiger partial charge is 0.251 e. The zero-order valence-electron chi connectivity index (χ0n) is 17.8. The highest BCUT2D eigenvalue weighted by Crippen LogP contribution is 2.29. The van der Waals surface area contributed by atoms with E-state index in [-0.39, 0.29) is 22.4 Å². The summed E-state index contributed by atoms with van der Waals surface area (Å²) < 4.78 is 38.8. The second-order valence-electron chi connectivity index (χ2n) is 7.78. The van der Waals surface area contributed by atoms with Crippen LogP contribution in [0.25, 0.3) is 11.0 Å². The molecule has 1 amide bonds. The Labute approximate surface area is 182 Å². The summed E-state index contributed by atoms with van der Waals surface area (Å²) in [5.41, 5.74) is 2.63. The van der Waals surface area contributed by atoms with Crippen LogP contribution in [0.2, 0.25) is 0 Å². The van der Waals surface area contributed by atoms with Crippen molar-refractivity contribution in [2.24, 2.45) is 0 Å². The fraction of sp³-hybridized carbons (Fsp3) is 0.348. The molecule has 1 aliphatic rings. The molecule has 0 saturated carbocycles. The summed E-state index contributed by atoms with van der Waals surface area (Å²) in [6, 6.07) is 12.1. The van der Waals surface area contributed by atoms with Gasteiger partial charge in [-0.1, -0.05) is 24.3 Å². The molecule has 2 aromatic carbocycles. The lowest BCUT2D eigenvalue weighted by Gasteiger charge is -2.26. The van der Waals surface area contributed by atoms with E-state index in [1.54, 1.807) is 19.1 Å². The molecule has 0 spiro atoms. The normalized spacial score (nSPS) is 16.4. The average Bonchev–Trinajstić information content (AvgIpc) is 3.11. The lowest BCUT2D eigenvalue weighted by atomic mass is 10.1. The molecule has 3 aromatic rings. The number of hydrogen-bond donors (Lipinski definition) is 1. The first-order chi connectivity index (χ1) is 14.8. The maximum atomic E-state index is 13.1. The van der Waals surface area contributed by atoms with E-state index < -0.39 is 10.0 Å². The van der Waals surface area contributed by atoms with Crippen molar-refractivity contribution in [2.75, 3.05) is 26.3 Å². The van der Waals surface area contributed by atoms with Gasteiger partial charge in [-0.15, -0.1) is 0 Å². The quantitative estimate of drug-likeness (QED) is 0.653. The topological polar surface area (TPSA) is 88.8 Å². The number of morpholine rings is 1. The minimum atomic E-state index is -3.70. The molecule has 0 radical (unpaired) electrons. The van der Waals surface area contributed by atoms with Gasteiger partial charge in [0.05, 0.1) is 24.2 Å². The first kappa shape index (κ1) is 21.5. The van der Waals surface area contributed by atoms with Gasteiger partial charge >= 0.3 is 0 Å². The maximum Gasteiger partial charge on any atom is 0.251 e. The molecule has 1 N–H and O–H groups in total. The molecule has 1 aliphatic heterocycles. The highest BCUT2D eigenvalue weighted by atomic mass is 32.2. The number of rotatable bonds is 5. The molecule has 2 heterocycles. The summed E-state index contributed by atoms with van der Waals surface area (Å²) in [6.07, 6.45) is 0. The number of carbonyl (C=O) groups is 1. The zero-order chi connectivity index (χ0) is 22.2. The van der Waals surface area contributed by atoms with Crippen LogP contribution in [0.3, 0.4) is 0 Å². The predicted molar refractivity (Wildman–Crippen MR) is 118 cm³/mol. The van der Waals surface area contributed by atoms with Crippen LogP contribution < -0.4 is 5.32 Å². The van der Waals surface area contributed by atoms with E-state index in [0.717, 1.165) is 16.5 Å². The molecule has 0 bridgehead atoms. The molecule has 31 heavy (non-hydrogen) atoms. The Balaban J connectivity index is 1.58. The number of amides is 1. The fourth-order valence-electron chi connectivity index (χ4n) is 3.90. The minimum Gasteiger partial charge on any atom is -0.459 e. The molecule has 8 heteroatoms. The van der Waals surface area contributed by atoms with Crippen molar-refractivity contribution in [3.63, 3.8) is 0 Å². The van der Waals surface area contributed by atoms with Crippen LogP contribution in [0, 0.1) is 13.8 Å². The number of para-hydroxylation sites is 1. The molecule has 164 valence electrons. The van der Waals surface area contributed by atoms with Crippen LogP contribution in [-0.2, 0) is 14.8 Å². The number of aryl methyl sites for hydroxylation is 2. The Morgan fingerprint density at radius 3 is 2.52 bits per heavy atom. The highest BCUT2D eigenvalue weighted by Gasteiger charge is 2.29. The zero-order valence-corrected chi connectivity index (χ0v) is 18.7. The number of fused-ring (bicyclic) bond motifs is 1. The number of hydrogen-bond acceptors (Lipinski definition) is 5. The van der Waals surface area contributed by atoms with Gasteiger partial charge in [0.2, 0.25) is 10.0 Å². The van der Waals surface area contributed by atoms with Crippen molar-refractivity contribution in [1.82, 2.24) is 9.62 Å². The largest absolute Gasteiger partial charge is 0.459 e. The third kappa shape index (κ3) is 4.11. The van der Waals surface area contributed by atoms with Crippen molar-refractivity contribution in [3.8, 4) is 0 Å². The second kappa shape index (κ2) is 8.45. The Bertz CT molecular complexity index is 1230. The Morgan fingerprint density at radius 2 is 1.81 bits per heavy atom. The Morgan fingerprint density at radius 1 is 1.10 bits per heavy atom. The molecule has 7 nitrogen and oxygen atoms in total. The Hall–Kier alpha value is -2.68. The molecule has 4 rings (SSSR count). The van der Waals surface area contributed by atoms with E-state index in [1.807, 2.05) is 38.1 Å². The first-order valence-corrected chi connectivity index (χ1v) is 11.7. The van der Waals surface area contributed by atoms with E-state index in [4.69, 9.17) is 9.15 Å². The van der Waals surface area contributed by atoms with Crippen LogP contribution in [-0.4, -0.2) is 44.9 Å². The van der Waals surface area contributed by atoms with Crippen molar-refractivity contribution < 1.29 is 22.4 Å². The van der Waals surface area contributed by atoms with Gasteiger partial charge in [-0.25, -0.2) is 8.42 Å². The van der Waals surface area contributed by atoms with Crippen LogP contribution in [0.15, 0.2) is 51.8 Å². The number of carbonyl (C=O) groups excluding carboxylic acids is 1. The number of furan rings is 1. The molecule has 0 aliphatic carbocycles. The summed E-state index contributed by atoms with van der Waals surface area (Å²) in [4.78, 5) is 13.1. The fourth-order valence-corrected chi connectivity index (χ4v) is 5.56. The molecule has 1 atom stereocenters. The summed E-state index contributed by atoms with van der Waals surface area (Å²) in [5.74, 6) is 0.327. The maximum absolute atomic E-state index is 13.1. The molecule has 1 saturated heterocycles. The lowest BCUT2D eigenvalue weighted by Crippen LogP contribution is -2.41. The highest BCUT2D eigenvalue weighted by molar-refractivity contribution is 7.89. The van der Waals surface area contributed by atoms with E-state index in [2.05, 4.69) is 5.32 Å². The summed E-state index contributed by atoms with van der Waals surface area (Å²) in [6.45, 7) is 6.89. The van der Waals surface area contributed by atoms with Gasteiger partial charge in [0.1, 0.15) is 11.3 Å². The number of nitrogens with zero attached hydrogens (tertiary/aromatic N) is 1. The molecular formula is C23H26N2O5S. The Kier molecular flexibility index (Phi) is 5.88. The SMILES string of the molecule is Cc1ccc(C(=O)NC(C)c2oc3ccccc3c2C)cc1S(=O)(=O)N1CCOCC1. The standard InChI is InChI=1S/C23H26N2O5S/c1-15-8-9-18(14-21(15)31(27,28)25-10-12-29-13-11-25)23(26)24-17(3)22-16(2)19-6-4-5-7-20(19)30-22/h4-9,14,17H,10-13H2,1-3H3,(H,24,26). The third-order valence-electron chi connectivity index (χ3n) is 5.66. The lowest BCUT2D eigenvalue weighted by molar-refractivity contribution is 0.0730. The third-order valence-corrected chi connectivity index (χ3v) is 7.70. The van der Waals surface area contributed by atoms with Crippen LogP contribution in [0.1, 0.15) is 40.2 Å². The number of nitrogens with one attached hydrogen (secondary N) is 1. The average molecular weight is 443 g/mol. The van der Waals surface area contributed by atoms with Crippen LogP contribution in [0.4, 0.5) is 0 Å². The number of ether oxygens (including phenoxy) is 1. The van der Waals surface area contributed by atoms with Gasteiger partial charge in [0.15, 0.2) is 0 Å². The van der Waals surface area contributed by atoms with Crippen LogP contribution in [0.5, 0.6) is 0 Å². The van der Waals surface area contributed by atoms with E-state index in [9.17, 15) is 13.2 Å². The molecule has 1 unspecified atom stereocenters. The first-order valence-electron chi connectivity index (χ1n) is 10.3. The van der Waals surface area contributed by atoms with Gasteiger partial charge in [-0.2, -0.15) is 4.31 Å². The number of benzene rings is 2. The monoisotopic (exact) mass is 442 g/mol. The second-order valence-corrected chi connectivity index (χ2v) is 9.69. The van der Waals surface area contributed by atoms with E-state index >= 15 is 0 Å². The van der Waals surface area contributed by atoms with Crippen LogP contribution >= 0.6 is 0 Å². The van der Waals surface area contributed by atoms with E-state index in [0.29, 0.717) is 37.6 Å². The van der Waals surface area contributed by atoms with Gasteiger partial charge in [-0.3, -0.25) is 4.79 Å². The van der Waals surface area contributed by atoms with Gasteiger partial charge < -0.3 is 14.5 Å². The van der Waals surface area contributed by atoms with Crippen molar-refractivity contribution in [3.05, 3.63) is 64.9 Å². The minimum absolute atomic E-state index is 0.148. The number of sulfonamides is 1. The van der Waals surface area contributed by atoms with Crippen molar-refractivity contribution in [1.29, 1.82) is 0 Å².